The number of hydrogen-bond donors (Lipinski definition) is 0. The van der Waals surface area contributed by atoms with Crippen LogP contribution in [0.5, 0.6) is 0 Å². The first-order chi connectivity index (χ1) is 23.2. The summed E-state index contributed by atoms with van der Waals surface area (Å²) in [5, 5.41) is 5.39. The van der Waals surface area contributed by atoms with Gasteiger partial charge in [0.25, 0.3) is 0 Å². The number of hydrogen-bond acceptors (Lipinski definition) is 1. The van der Waals surface area contributed by atoms with E-state index in [2.05, 4.69) is 148 Å². The Labute approximate surface area is 293 Å². The molecule has 2 heterocycles. The van der Waals surface area contributed by atoms with Gasteiger partial charge in [-0.2, -0.15) is 4.58 Å². The summed E-state index contributed by atoms with van der Waals surface area (Å²) in [6.07, 6.45) is 16.5. The highest BCUT2D eigenvalue weighted by Gasteiger charge is 2.46. The van der Waals surface area contributed by atoms with Crippen LogP contribution >= 0.6 is 11.6 Å². The average Bonchev–Trinajstić information content (AvgIpc) is 3.63. The summed E-state index contributed by atoms with van der Waals surface area (Å²) in [4.78, 5) is 2.59. The molecule has 0 bridgehead atoms. The fourth-order valence-electron chi connectivity index (χ4n) is 8.85. The summed E-state index contributed by atoms with van der Waals surface area (Å²) in [6.45, 7) is 16.3. The van der Waals surface area contributed by atoms with Crippen LogP contribution in [0.15, 0.2) is 108 Å². The van der Waals surface area contributed by atoms with E-state index in [4.69, 9.17) is 11.6 Å². The molecule has 4 aromatic rings. The largest absolute Gasteiger partial charge is 0.344 e. The Hall–Kier alpha value is -3.62. The monoisotopic (exact) mass is 655 g/mol. The van der Waals surface area contributed by atoms with E-state index in [1.165, 1.54) is 86.7 Å². The molecule has 0 radical (unpaired) electrons. The minimum absolute atomic E-state index is 0.00678. The predicted octanol–water partition coefficient (Wildman–Crippen LogP) is 12.2. The lowest BCUT2D eigenvalue weighted by Gasteiger charge is -2.27. The van der Waals surface area contributed by atoms with Gasteiger partial charge in [0.2, 0.25) is 5.69 Å². The van der Waals surface area contributed by atoms with Gasteiger partial charge in [0.15, 0.2) is 5.71 Å². The SMILES string of the molecule is CCCCN1/C(=C/C=C2\CCC(/C=C/C3=[N+](CCCC)c4ccc5ccccc5c4C3(C)C)C2Cl)C(C)(C)c2c1ccc1ccccc21. The molecule has 0 N–H and O–H groups in total. The first-order valence-corrected chi connectivity index (χ1v) is 18.8. The maximum Gasteiger partial charge on any atom is 0.210 e. The number of anilines is 1. The lowest BCUT2D eigenvalue weighted by atomic mass is 9.79. The summed E-state index contributed by atoms with van der Waals surface area (Å²) in [6, 6.07) is 27.0. The number of benzene rings is 4. The summed E-state index contributed by atoms with van der Waals surface area (Å²) < 4.78 is 2.59. The Bertz CT molecular complexity index is 1990. The minimum atomic E-state index is -0.0907. The molecule has 1 fully saturated rings. The van der Waals surface area contributed by atoms with Crippen molar-refractivity contribution in [3.05, 3.63) is 119 Å². The van der Waals surface area contributed by atoms with E-state index in [9.17, 15) is 0 Å². The number of alkyl halides is 1. The second-order valence-electron chi connectivity index (χ2n) is 15.3. The normalized spacial score (nSPS) is 23.0. The highest BCUT2D eigenvalue weighted by Crippen LogP contribution is 2.51. The first kappa shape index (κ1) is 32.9. The van der Waals surface area contributed by atoms with Gasteiger partial charge in [-0.1, -0.05) is 113 Å². The van der Waals surface area contributed by atoms with Crippen molar-refractivity contribution < 1.29 is 4.58 Å². The zero-order valence-electron chi connectivity index (χ0n) is 29.8. The van der Waals surface area contributed by atoms with E-state index in [1.807, 2.05) is 0 Å². The number of fused-ring (bicyclic) bond motifs is 6. The van der Waals surface area contributed by atoms with Crippen molar-refractivity contribution in [1.29, 1.82) is 0 Å². The van der Waals surface area contributed by atoms with Crippen LogP contribution < -0.4 is 4.90 Å². The second kappa shape index (κ2) is 13.0. The molecule has 48 heavy (non-hydrogen) atoms. The first-order valence-electron chi connectivity index (χ1n) is 18.4. The van der Waals surface area contributed by atoms with Crippen LogP contribution in [-0.2, 0) is 10.8 Å². The van der Waals surface area contributed by atoms with Gasteiger partial charge in [-0.3, -0.25) is 0 Å². The number of halogens is 1. The van der Waals surface area contributed by atoms with Crippen LogP contribution in [0.4, 0.5) is 11.4 Å². The molecule has 0 amide bonds. The third kappa shape index (κ3) is 5.45. The van der Waals surface area contributed by atoms with Gasteiger partial charge < -0.3 is 4.90 Å². The molecule has 1 saturated carbocycles. The van der Waals surface area contributed by atoms with Gasteiger partial charge in [0.05, 0.1) is 10.8 Å². The second-order valence-corrected chi connectivity index (χ2v) is 15.7. The van der Waals surface area contributed by atoms with Crippen molar-refractivity contribution in [2.75, 3.05) is 18.0 Å². The molecule has 0 aromatic heterocycles. The molecule has 248 valence electrons. The topological polar surface area (TPSA) is 6.25 Å². The van der Waals surface area contributed by atoms with Crippen molar-refractivity contribution in [1.82, 2.24) is 0 Å². The van der Waals surface area contributed by atoms with Crippen molar-refractivity contribution in [2.24, 2.45) is 5.92 Å². The summed E-state index contributed by atoms with van der Waals surface area (Å²) in [7, 11) is 0. The van der Waals surface area contributed by atoms with E-state index >= 15 is 0 Å². The molecule has 2 atom stereocenters. The van der Waals surface area contributed by atoms with Gasteiger partial charge in [-0.15, -0.1) is 11.6 Å². The van der Waals surface area contributed by atoms with Crippen molar-refractivity contribution >= 4 is 50.2 Å². The number of unbranched alkanes of at least 4 members (excludes halogenated alkanes) is 2. The molecule has 2 unspecified atom stereocenters. The molecule has 1 aliphatic carbocycles. The van der Waals surface area contributed by atoms with E-state index < -0.39 is 0 Å². The Morgan fingerprint density at radius 3 is 2.17 bits per heavy atom. The van der Waals surface area contributed by atoms with Crippen LogP contribution in [0.25, 0.3) is 21.5 Å². The van der Waals surface area contributed by atoms with Gasteiger partial charge >= 0.3 is 0 Å². The van der Waals surface area contributed by atoms with Crippen molar-refractivity contribution in [2.45, 2.75) is 96.3 Å². The van der Waals surface area contributed by atoms with Crippen LogP contribution in [0.1, 0.15) is 91.2 Å². The van der Waals surface area contributed by atoms with Crippen LogP contribution in [0, 0.1) is 5.92 Å². The third-order valence-electron chi connectivity index (χ3n) is 11.4. The lowest BCUT2D eigenvalue weighted by molar-refractivity contribution is -0.438. The van der Waals surface area contributed by atoms with E-state index in [1.54, 1.807) is 0 Å². The smallest absolute Gasteiger partial charge is 0.210 e. The fourth-order valence-corrected chi connectivity index (χ4v) is 9.24. The zero-order chi connectivity index (χ0) is 33.6. The summed E-state index contributed by atoms with van der Waals surface area (Å²) >= 11 is 7.35. The van der Waals surface area contributed by atoms with E-state index in [-0.39, 0.29) is 16.2 Å². The highest BCUT2D eigenvalue weighted by molar-refractivity contribution is 6.23. The molecule has 4 aromatic carbocycles. The van der Waals surface area contributed by atoms with Crippen LogP contribution in [-0.4, -0.2) is 28.8 Å². The molecule has 0 spiro atoms. The molecule has 0 saturated heterocycles. The van der Waals surface area contributed by atoms with Crippen molar-refractivity contribution in [3.63, 3.8) is 0 Å². The van der Waals surface area contributed by atoms with Crippen LogP contribution in [0.3, 0.4) is 0 Å². The highest BCUT2D eigenvalue weighted by atomic mass is 35.5. The van der Waals surface area contributed by atoms with Gasteiger partial charge in [0, 0.05) is 47.5 Å². The van der Waals surface area contributed by atoms with Crippen LogP contribution in [0.2, 0.25) is 0 Å². The maximum atomic E-state index is 7.35. The average molecular weight is 656 g/mol. The van der Waals surface area contributed by atoms with Gasteiger partial charge in [-0.25, -0.2) is 0 Å². The summed E-state index contributed by atoms with van der Waals surface area (Å²) in [5.41, 5.74) is 9.61. The molecular formula is C45H52ClN2+. The molecule has 3 aliphatic rings. The van der Waals surface area contributed by atoms with Crippen molar-refractivity contribution in [3.8, 4) is 0 Å². The Morgan fingerprint density at radius 2 is 1.46 bits per heavy atom. The fraction of sp³-hybridized carbons (Fsp3) is 0.400. The number of rotatable bonds is 9. The number of nitrogens with zero attached hydrogens (tertiary/aromatic N) is 2. The predicted molar refractivity (Wildman–Crippen MR) is 209 cm³/mol. The quantitative estimate of drug-likeness (QED) is 0.128. The Morgan fingerprint density at radius 1 is 0.792 bits per heavy atom. The Kier molecular flexibility index (Phi) is 8.92. The standard InChI is InChI=1S/C45H52ClN2/c1-7-9-29-47-37-25-21-31-15-11-13-17-35(31)41(37)44(3,4)39(47)27-23-33-19-20-34(43(33)46)24-28-40-45(5,6)42-36-18-14-12-16-32(36)22-26-38(42)48(40)30-10-8-2/h11-18,21-28,33,43H,7-10,19-20,29-30H2,1-6H3/q+1/b27-23+,34-24+,40-28+. The minimum Gasteiger partial charge on any atom is -0.344 e. The molecule has 7 rings (SSSR count). The third-order valence-corrected chi connectivity index (χ3v) is 12.0. The molecular weight excluding hydrogens is 604 g/mol. The Balaban J connectivity index is 1.19. The van der Waals surface area contributed by atoms with Gasteiger partial charge in [0.1, 0.15) is 6.54 Å². The van der Waals surface area contributed by atoms with E-state index in [0.29, 0.717) is 5.92 Å². The van der Waals surface area contributed by atoms with Gasteiger partial charge in [-0.05, 0) is 84.3 Å². The zero-order valence-corrected chi connectivity index (χ0v) is 30.6. The molecule has 3 heteroatoms. The molecule has 2 nitrogen and oxygen atoms in total. The number of allylic oxidation sites excluding steroid dienone is 6. The van der Waals surface area contributed by atoms with E-state index in [0.717, 1.165) is 25.9 Å². The maximum absolute atomic E-state index is 7.35. The summed E-state index contributed by atoms with van der Waals surface area (Å²) in [5.74, 6) is 0.321. The molecule has 2 aliphatic heterocycles. The lowest BCUT2D eigenvalue weighted by Crippen LogP contribution is -2.28.